The summed E-state index contributed by atoms with van der Waals surface area (Å²) in [5, 5.41) is 20.3. The second-order valence-electron chi connectivity index (χ2n) is 5.08. The monoisotopic (exact) mass is 317 g/mol. The van der Waals surface area contributed by atoms with Gasteiger partial charge in [-0.2, -0.15) is 5.26 Å². The molecule has 0 unspecified atom stereocenters. The van der Waals surface area contributed by atoms with Crippen molar-refractivity contribution >= 4 is 5.69 Å². The highest BCUT2D eigenvalue weighted by Gasteiger charge is 2.15. The van der Waals surface area contributed by atoms with Gasteiger partial charge in [0, 0.05) is 23.8 Å². The van der Waals surface area contributed by atoms with Gasteiger partial charge in [0.25, 0.3) is 5.69 Å². The van der Waals surface area contributed by atoms with Gasteiger partial charge in [0.2, 0.25) is 5.56 Å². The van der Waals surface area contributed by atoms with E-state index in [4.69, 9.17) is 0 Å². The van der Waals surface area contributed by atoms with Crippen molar-refractivity contribution in [2.45, 2.75) is 0 Å². The molecule has 1 N–H and O–H groups in total. The Bertz CT molecular complexity index is 1000. The first-order valence-corrected chi connectivity index (χ1v) is 7.08. The highest BCUT2D eigenvalue weighted by Crippen LogP contribution is 2.29. The zero-order valence-corrected chi connectivity index (χ0v) is 12.4. The van der Waals surface area contributed by atoms with Crippen LogP contribution in [-0.2, 0) is 0 Å². The van der Waals surface area contributed by atoms with Crippen molar-refractivity contribution in [1.82, 2.24) is 4.98 Å². The number of benzene rings is 2. The van der Waals surface area contributed by atoms with E-state index in [2.05, 4.69) is 11.1 Å². The minimum absolute atomic E-state index is 0.0506. The summed E-state index contributed by atoms with van der Waals surface area (Å²) in [6.07, 6.45) is 0. The molecule has 0 saturated carbocycles. The van der Waals surface area contributed by atoms with Gasteiger partial charge >= 0.3 is 0 Å². The van der Waals surface area contributed by atoms with Crippen LogP contribution in [-0.4, -0.2) is 9.91 Å². The number of nitrogens with one attached hydrogen (secondary N) is 1. The average molecular weight is 317 g/mol. The van der Waals surface area contributed by atoms with E-state index >= 15 is 0 Å². The van der Waals surface area contributed by atoms with Crippen LogP contribution in [0.15, 0.2) is 65.5 Å². The molecule has 0 spiro atoms. The number of pyridine rings is 1. The third kappa shape index (κ3) is 2.78. The Kier molecular flexibility index (Phi) is 3.91. The van der Waals surface area contributed by atoms with Crippen LogP contribution in [0.2, 0.25) is 0 Å². The van der Waals surface area contributed by atoms with E-state index in [1.807, 2.05) is 18.2 Å². The molecule has 24 heavy (non-hydrogen) atoms. The molecule has 116 valence electrons. The van der Waals surface area contributed by atoms with E-state index in [1.54, 1.807) is 12.1 Å². The van der Waals surface area contributed by atoms with Gasteiger partial charge in [0.15, 0.2) is 0 Å². The molecule has 6 heteroatoms. The molecule has 0 aliphatic heterocycles. The molecule has 0 aliphatic carbocycles. The maximum Gasteiger partial charge on any atom is 0.269 e. The molecule has 0 atom stereocenters. The molecule has 3 rings (SSSR count). The van der Waals surface area contributed by atoms with Crippen molar-refractivity contribution in [3.8, 4) is 28.5 Å². The fourth-order valence-corrected chi connectivity index (χ4v) is 2.49. The first-order valence-electron chi connectivity index (χ1n) is 7.08. The summed E-state index contributed by atoms with van der Waals surface area (Å²) >= 11 is 0. The van der Waals surface area contributed by atoms with Crippen LogP contribution in [0.1, 0.15) is 5.56 Å². The number of non-ortho nitro benzene ring substituents is 1. The van der Waals surface area contributed by atoms with Gasteiger partial charge in [-0.05, 0) is 23.3 Å². The van der Waals surface area contributed by atoms with E-state index in [1.165, 1.54) is 30.3 Å². The highest BCUT2D eigenvalue weighted by atomic mass is 16.6. The van der Waals surface area contributed by atoms with Crippen LogP contribution in [0.5, 0.6) is 0 Å². The van der Waals surface area contributed by atoms with E-state index in [0.717, 1.165) is 5.56 Å². The first kappa shape index (κ1) is 15.2. The Morgan fingerprint density at radius 1 is 1.00 bits per heavy atom. The Morgan fingerprint density at radius 3 is 2.25 bits per heavy atom. The Morgan fingerprint density at radius 2 is 1.67 bits per heavy atom. The van der Waals surface area contributed by atoms with Crippen molar-refractivity contribution in [3.05, 3.63) is 86.7 Å². The highest BCUT2D eigenvalue weighted by molar-refractivity contribution is 5.79. The number of aromatic amines is 1. The van der Waals surface area contributed by atoms with E-state index in [9.17, 15) is 20.2 Å². The summed E-state index contributed by atoms with van der Waals surface area (Å²) in [5.74, 6) is 0. The van der Waals surface area contributed by atoms with E-state index in [-0.39, 0.29) is 11.2 Å². The second kappa shape index (κ2) is 6.18. The molecular weight excluding hydrogens is 306 g/mol. The fraction of sp³-hybridized carbons (Fsp3) is 0. The summed E-state index contributed by atoms with van der Waals surface area (Å²) in [6, 6.07) is 18.3. The lowest BCUT2D eigenvalue weighted by Gasteiger charge is -2.09. The first-order chi connectivity index (χ1) is 11.6. The largest absolute Gasteiger partial charge is 0.321 e. The van der Waals surface area contributed by atoms with Crippen molar-refractivity contribution in [2.75, 3.05) is 0 Å². The minimum atomic E-state index is -0.498. The number of hydrogen-bond acceptors (Lipinski definition) is 4. The number of aromatic nitrogens is 1. The smallest absolute Gasteiger partial charge is 0.269 e. The molecule has 0 saturated heterocycles. The summed E-state index contributed by atoms with van der Waals surface area (Å²) in [5.41, 5.74) is 2.07. The predicted octanol–water partition coefficient (Wildman–Crippen LogP) is 3.49. The topological polar surface area (TPSA) is 99.8 Å². The number of hydrogen-bond donors (Lipinski definition) is 1. The Labute approximate surface area is 136 Å². The molecule has 0 fully saturated rings. The maximum atomic E-state index is 12.0. The minimum Gasteiger partial charge on any atom is -0.321 e. The fourth-order valence-electron chi connectivity index (χ4n) is 2.49. The summed E-state index contributed by atoms with van der Waals surface area (Å²) in [6.45, 7) is 0. The van der Waals surface area contributed by atoms with Gasteiger partial charge in [0.1, 0.15) is 6.07 Å². The Balaban J connectivity index is 2.22. The van der Waals surface area contributed by atoms with Crippen LogP contribution in [0.3, 0.4) is 0 Å². The van der Waals surface area contributed by atoms with Crippen LogP contribution in [0, 0.1) is 21.4 Å². The number of H-pyrrole nitrogens is 1. The molecule has 2 aromatic carbocycles. The molecule has 3 aromatic rings. The van der Waals surface area contributed by atoms with Gasteiger partial charge in [-0.25, -0.2) is 0 Å². The maximum absolute atomic E-state index is 12.0. The van der Waals surface area contributed by atoms with Gasteiger partial charge in [0.05, 0.1) is 16.2 Å². The molecule has 0 amide bonds. The lowest BCUT2D eigenvalue weighted by Crippen LogP contribution is -2.09. The standard InChI is InChI=1S/C18H11N3O3/c19-11-16-15(12-6-8-14(9-7-12)21(23)24)10-17(22)20-18(16)13-4-2-1-3-5-13/h1-10H,(H,20,22). The van der Waals surface area contributed by atoms with Gasteiger partial charge < -0.3 is 4.98 Å². The summed E-state index contributed by atoms with van der Waals surface area (Å²) in [7, 11) is 0. The summed E-state index contributed by atoms with van der Waals surface area (Å²) in [4.78, 5) is 25.0. The van der Waals surface area contributed by atoms with Crippen molar-refractivity contribution < 1.29 is 4.92 Å². The van der Waals surface area contributed by atoms with Crippen molar-refractivity contribution in [3.63, 3.8) is 0 Å². The molecule has 0 radical (unpaired) electrons. The number of nitriles is 1. The number of nitro benzene ring substituents is 1. The quantitative estimate of drug-likeness (QED) is 0.590. The van der Waals surface area contributed by atoms with Gasteiger partial charge in [-0.15, -0.1) is 0 Å². The molecule has 0 aliphatic rings. The zero-order valence-electron chi connectivity index (χ0n) is 12.4. The third-order valence-electron chi connectivity index (χ3n) is 3.61. The van der Waals surface area contributed by atoms with Crippen molar-refractivity contribution in [2.24, 2.45) is 0 Å². The Hall–Kier alpha value is -3.72. The van der Waals surface area contributed by atoms with E-state index in [0.29, 0.717) is 22.4 Å². The molecule has 0 bridgehead atoms. The lowest BCUT2D eigenvalue weighted by molar-refractivity contribution is -0.384. The lowest BCUT2D eigenvalue weighted by atomic mass is 9.96. The van der Waals surface area contributed by atoms with Gasteiger partial charge in [-0.3, -0.25) is 14.9 Å². The number of rotatable bonds is 3. The van der Waals surface area contributed by atoms with Gasteiger partial charge in [-0.1, -0.05) is 30.3 Å². The average Bonchev–Trinajstić information content (AvgIpc) is 2.61. The van der Waals surface area contributed by atoms with E-state index < -0.39 is 4.92 Å². The van der Waals surface area contributed by atoms with Crippen LogP contribution < -0.4 is 5.56 Å². The molecule has 1 heterocycles. The normalized spacial score (nSPS) is 10.1. The van der Waals surface area contributed by atoms with Crippen LogP contribution in [0.4, 0.5) is 5.69 Å². The second-order valence-corrected chi connectivity index (χ2v) is 5.08. The van der Waals surface area contributed by atoms with Crippen molar-refractivity contribution in [1.29, 1.82) is 5.26 Å². The molecular formula is C18H11N3O3. The number of nitrogens with zero attached hydrogens (tertiary/aromatic N) is 2. The SMILES string of the molecule is N#Cc1c(-c2ccc([N+](=O)[O-])cc2)cc(=O)[nH]c1-c1ccccc1. The van der Waals surface area contributed by atoms with Crippen LogP contribution >= 0.6 is 0 Å². The predicted molar refractivity (Wildman–Crippen MR) is 89.3 cm³/mol. The zero-order chi connectivity index (χ0) is 17.1. The molecule has 6 nitrogen and oxygen atoms in total. The molecule has 1 aromatic heterocycles. The third-order valence-corrected chi connectivity index (χ3v) is 3.61. The number of nitro groups is 1. The summed E-state index contributed by atoms with van der Waals surface area (Å²) < 4.78 is 0. The van der Waals surface area contributed by atoms with Crippen LogP contribution in [0.25, 0.3) is 22.4 Å².